The van der Waals surface area contributed by atoms with E-state index in [1.807, 2.05) is 6.07 Å². The van der Waals surface area contributed by atoms with Crippen LogP contribution >= 0.6 is 11.6 Å². The van der Waals surface area contributed by atoms with Crippen molar-refractivity contribution in [2.45, 2.75) is 12.8 Å². The number of amides is 1. The number of anilines is 1. The molecule has 18 heavy (non-hydrogen) atoms. The van der Waals surface area contributed by atoms with E-state index in [1.165, 1.54) is 18.2 Å². The molecule has 1 aromatic carbocycles. The predicted octanol–water partition coefficient (Wildman–Crippen LogP) is 2.49. The van der Waals surface area contributed by atoms with Crippen molar-refractivity contribution >= 4 is 28.9 Å². The van der Waals surface area contributed by atoms with E-state index in [4.69, 9.17) is 16.9 Å². The van der Waals surface area contributed by atoms with Gasteiger partial charge in [0, 0.05) is 11.1 Å². The Balaban J connectivity index is 2.29. The number of nitro groups is 1. The van der Waals surface area contributed by atoms with Crippen LogP contribution in [0.4, 0.5) is 11.4 Å². The smallest absolute Gasteiger partial charge is 0.292 e. The van der Waals surface area contributed by atoms with Crippen LogP contribution in [0.2, 0.25) is 5.02 Å². The molecule has 1 aromatic rings. The molecule has 0 spiro atoms. The van der Waals surface area contributed by atoms with E-state index in [0.29, 0.717) is 12.8 Å². The maximum absolute atomic E-state index is 11.8. The maximum Gasteiger partial charge on any atom is 0.292 e. The molecule has 0 atom stereocenters. The predicted molar refractivity (Wildman–Crippen MR) is 64.0 cm³/mol. The first-order chi connectivity index (χ1) is 8.48. The van der Waals surface area contributed by atoms with Crippen molar-refractivity contribution in [2.75, 3.05) is 5.32 Å². The molecule has 92 valence electrons. The third-order valence-electron chi connectivity index (χ3n) is 2.80. The average Bonchev–Trinajstić information content (AvgIpc) is 3.09. The number of carbonyl (C=O) groups is 1. The van der Waals surface area contributed by atoms with Gasteiger partial charge in [0.2, 0.25) is 5.91 Å². The van der Waals surface area contributed by atoms with E-state index < -0.39 is 16.2 Å². The lowest BCUT2D eigenvalue weighted by Gasteiger charge is -2.08. The van der Waals surface area contributed by atoms with Crippen LogP contribution in [-0.4, -0.2) is 10.8 Å². The molecule has 0 heterocycles. The number of carbonyl (C=O) groups excluding carboxylic acids is 1. The van der Waals surface area contributed by atoms with Crippen LogP contribution in [0.3, 0.4) is 0 Å². The number of halogens is 1. The fourth-order valence-corrected chi connectivity index (χ4v) is 1.70. The molecule has 2 rings (SSSR count). The number of nitrogens with one attached hydrogen (secondary N) is 1. The zero-order valence-electron chi connectivity index (χ0n) is 9.14. The molecule has 6 nitrogen and oxygen atoms in total. The minimum atomic E-state index is -1.03. The largest absolute Gasteiger partial charge is 0.319 e. The van der Waals surface area contributed by atoms with Gasteiger partial charge in [0.15, 0.2) is 0 Å². The molecular weight excluding hydrogens is 258 g/mol. The topological polar surface area (TPSA) is 96.0 Å². The highest BCUT2D eigenvalue weighted by atomic mass is 35.5. The van der Waals surface area contributed by atoms with Gasteiger partial charge in [-0.1, -0.05) is 11.6 Å². The van der Waals surface area contributed by atoms with Gasteiger partial charge in [-0.15, -0.1) is 0 Å². The molecule has 0 radical (unpaired) electrons. The molecule has 1 aliphatic rings. The number of benzene rings is 1. The second kappa shape index (κ2) is 4.27. The molecule has 1 N–H and O–H groups in total. The standard InChI is InChI=1S/C11H8ClN3O3/c12-7-1-2-9(15(17)18)8(5-7)14-10(16)11(6-13)3-4-11/h1-2,5H,3-4H2,(H,14,16). The highest BCUT2D eigenvalue weighted by molar-refractivity contribution is 6.31. The van der Waals surface area contributed by atoms with Crippen LogP contribution in [0.5, 0.6) is 0 Å². The molecule has 0 unspecified atom stereocenters. The number of nitriles is 1. The quantitative estimate of drug-likeness (QED) is 0.671. The summed E-state index contributed by atoms with van der Waals surface area (Å²) < 4.78 is 0. The number of nitro benzene ring substituents is 1. The highest BCUT2D eigenvalue weighted by Gasteiger charge is 2.51. The van der Waals surface area contributed by atoms with Crippen LogP contribution in [0.25, 0.3) is 0 Å². The Bertz CT molecular complexity index is 575. The van der Waals surface area contributed by atoms with Gasteiger partial charge in [0.05, 0.1) is 11.0 Å². The summed E-state index contributed by atoms with van der Waals surface area (Å²) in [6, 6.07) is 5.80. The van der Waals surface area contributed by atoms with Gasteiger partial charge in [-0.05, 0) is 25.0 Å². The number of nitrogens with zero attached hydrogens (tertiary/aromatic N) is 2. The van der Waals surface area contributed by atoms with Gasteiger partial charge >= 0.3 is 0 Å². The van der Waals surface area contributed by atoms with Crippen molar-refractivity contribution in [3.05, 3.63) is 33.3 Å². The summed E-state index contributed by atoms with van der Waals surface area (Å²) in [5.41, 5.74) is -1.27. The summed E-state index contributed by atoms with van der Waals surface area (Å²) in [6.45, 7) is 0. The van der Waals surface area contributed by atoms with Crippen molar-refractivity contribution in [1.29, 1.82) is 5.26 Å². The van der Waals surface area contributed by atoms with Crippen molar-refractivity contribution in [3.63, 3.8) is 0 Å². The van der Waals surface area contributed by atoms with E-state index in [0.717, 1.165) is 0 Å². The van der Waals surface area contributed by atoms with Gasteiger partial charge in [-0.2, -0.15) is 5.26 Å². The van der Waals surface area contributed by atoms with Crippen LogP contribution in [0.1, 0.15) is 12.8 Å². The Morgan fingerprint density at radius 2 is 2.22 bits per heavy atom. The molecule has 1 saturated carbocycles. The Morgan fingerprint density at radius 3 is 2.72 bits per heavy atom. The highest BCUT2D eigenvalue weighted by Crippen LogP contribution is 2.46. The Kier molecular flexibility index (Phi) is 2.93. The normalized spacial score (nSPS) is 15.6. The monoisotopic (exact) mass is 265 g/mol. The number of hydrogen-bond donors (Lipinski definition) is 1. The zero-order chi connectivity index (χ0) is 13.3. The second-order valence-corrected chi connectivity index (χ2v) is 4.50. The van der Waals surface area contributed by atoms with Crippen molar-refractivity contribution in [2.24, 2.45) is 5.41 Å². The molecule has 1 amide bonds. The first-order valence-corrected chi connectivity index (χ1v) is 5.53. The Labute approximate surface area is 107 Å². The van der Waals surface area contributed by atoms with Gasteiger partial charge in [0.25, 0.3) is 5.69 Å². The van der Waals surface area contributed by atoms with E-state index >= 15 is 0 Å². The van der Waals surface area contributed by atoms with Crippen molar-refractivity contribution < 1.29 is 9.72 Å². The van der Waals surface area contributed by atoms with E-state index in [-0.39, 0.29) is 16.4 Å². The van der Waals surface area contributed by atoms with Crippen LogP contribution < -0.4 is 5.32 Å². The van der Waals surface area contributed by atoms with Gasteiger partial charge in [0.1, 0.15) is 11.1 Å². The summed E-state index contributed by atoms with van der Waals surface area (Å²) in [5, 5.41) is 22.3. The lowest BCUT2D eigenvalue weighted by Crippen LogP contribution is -2.23. The van der Waals surface area contributed by atoms with Crippen molar-refractivity contribution in [1.82, 2.24) is 0 Å². The number of hydrogen-bond acceptors (Lipinski definition) is 4. The lowest BCUT2D eigenvalue weighted by atomic mass is 10.1. The minimum absolute atomic E-state index is 0.0130. The zero-order valence-corrected chi connectivity index (χ0v) is 9.90. The summed E-state index contributed by atoms with van der Waals surface area (Å²) in [7, 11) is 0. The fourth-order valence-electron chi connectivity index (χ4n) is 1.52. The van der Waals surface area contributed by atoms with Gasteiger partial charge in [-0.25, -0.2) is 0 Å². The third-order valence-corrected chi connectivity index (χ3v) is 3.04. The average molecular weight is 266 g/mol. The molecule has 0 aromatic heterocycles. The van der Waals surface area contributed by atoms with Crippen molar-refractivity contribution in [3.8, 4) is 6.07 Å². The SMILES string of the molecule is N#CC1(C(=O)Nc2cc(Cl)ccc2[N+](=O)[O-])CC1. The van der Waals surface area contributed by atoms with Crippen LogP contribution in [0, 0.1) is 26.9 Å². The summed E-state index contributed by atoms with van der Waals surface area (Å²) in [4.78, 5) is 22.0. The molecule has 0 bridgehead atoms. The second-order valence-electron chi connectivity index (χ2n) is 4.07. The number of rotatable bonds is 3. The Morgan fingerprint density at radius 1 is 1.56 bits per heavy atom. The molecule has 1 fully saturated rings. The molecule has 0 saturated heterocycles. The first kappa shape index (κ1) is 12.3. The summed E-state index contributed by atoms with van der Waals surface area (Å²) in [6.07, 6.45) is 0.952. The molecular formula is C11H8ClN3O3. The van der Waals surface area contributed by atoms with Crippen LogP contribution in [0.15, 0.2) is 18.2 Å². The molecule has 0 aliphatic heterocycles. The molecule has 1 aliphatic carbocycles. The maximum atomic E-state index is 11.8. The third kappa shape index (κ3) is 2.13. The van der Waals surface area contributed by atoms with Crippen LogP contribution in [-0.2, 0) is 4.79 Å². The lowest BCUT2D eigenvalue weighted by molar-refractivity contribution is -0.383. The minimum Gasteiger partial charge on any atom is -0.319 e. The Hall–Kier alpha value is -2.13. The summed E-state index contributed by atoms with van der Waals surface area (Å²) >= 11 is 5.73. The van der Waals surface area contributed by atoms with E-state index in [2.05, 4.69) is 5.32 Å². The summed E-state index contributed by atoms with van der Waals surface area (Å²) in [5.74, 6) is -0.518. The van der Waals surface area contributed by atoms with E-state index in [1.54, 1.807) is 0 Å². The fraction of sp³-hybridized carbons (Fsp3) is 0.273. The van der Waals surface area contributed by atoms with Gasteiger partial charge < -0.3 is 5.32 Å². The molecule has 7 heteroatoms. The first-order valence-electron chi connectivity index (χ1n) is 5.15. The van der Waals surface area contributed by atoms with E-state index in [9.17, 15) is 14.9 Å². The van der Waals surface area contributed by atoms with Gasteiger partial charge in [-0.3, -0.25) is 14.9 Å².